The molecule has 0 bridgehead atoms. The molecule has 1 aromatic heterocycles. The van der Waals surface area contributed by atoms with Crippen molar-refractivity contribution in [3.05, 3.63) is 40.1 Å². The van der Waals surface area contributed by atoms with Gasteiger partial charge in [0.05, 0.1) is 31.6 Å². The molecule has 0 amide bonds. The van der Waals surface area contributed by atoms with E-state index in [0.717, 1.165) is 27.9 Å². The van der Waals surface area contributed by atoms with E-state index in [-0.39, 0.29) is 6.04 Å². The number of nitrogens with zero attached hydrogens (tertiary/aromatic N) is 3. The molecule has 0 radical (unpaired) electrons. The molecular formula is C13H17BrN4O. The monoisotopic (exact) mass is 324 g/mol. The second kappa shape index (κ2) is 6.16. The van der Waals surface area contributed by atoms with Gasteiger partial charge in [0.1, 0.15) is 5.75 Å². The zero-order valence-electron chi connectivity index (χ0n) is 11.0. The third kappa shape index (κ3) is 3.33. The van der Waals surface area contributed by atoms with Crippen LogP contribution in [0.2, 0.25) is 0 Å². The molecule has 0 saturated carbocycles. The highest BCUT2D eigenvalue weighted by Crippen LogP contribution is 2.23. The van der Waals surface area contributed by atoms with Gasteiger partial charge in [0.25, 0.3) is 0 Å². The van der Waals surface area contributed by atoms with Crippen molar-refractivity contribution >= 4 is 15.9 Å². The lowest BCUT2D eigenvalue weighted by molar-refractivity contribution is 0.407. The number of halogens is 1. The van der Waals surface area contributed by atoms with Gasteiger partial charge in [-0.2, -0.15) is 0 Å². The van der Waals surface area contributed by atoms with Crippen LogP contribution in [0.25, 0.3) is 0 Å². The molecule has 0 aliphatic rings. The standard InChI is InChI=1S/C13H17BrN4O/c1-3-11(15)12-8-18(17-16-12)7-9-6-10(14)4-5-13(9)19-2/h4-6,8,11H,3,7,15H2,1-2H3. The number of rotatable bonds is 5. The van der Waals surface area contributed by atoms with E-state index < -0.39 is 0 Å². The van der Waals surface area contributed by atoms with E-state index in [4.69, 9.17) is 10.5 Å². The van der Waals surface area contributed by atoms with Crippen LogP contribution in [0.1, 0.15) is 30.6 Å². The Morgan fingerprint density at radius 2 is 2.26 bits per heavy atom. The second-order valence-electron chi connectivity index (χ2n) is 4.31. The Labute approximate surface area is 120 Å². The maximum Gasteiger partial charge on any atom is 0.124 e. The van der Waals surface area contributed by atoms with Gasteiger partial charge in [0.2, 0.25) is 0 Å². The average molecular weight is 325 g/mol. The first kappa shape index (κ1) is 14.0. The van der Waals surface area contributed by atoms with Gasteiger partial charge in [-0.25, -0.2) is 4.68 Å². The Morgan fingerprint density at radius 1 is 1.47 bits per heavy atom. The molecular weight excluding hydrogens is 308 g/mol. The number of hydrogen-bond acceptors (Lipinski definition) is 4. The van der Waals surface area contributed by atoms with Gasteiger partial charge in [-0.3, -0.25) is 0 Å². The lowest BCUT2D eigenvalue weighted by atomic mass is 10.2. The van der Waals surface area contributed by atoms with Crippen molar-refractivity contribution in [2.45, 2.75) is 25.9 Å². The van der Waals surface area contributed by atoms with Crippen LogP contribution < -0.4 is 10.5 Å². The minimum absolute atomic E-state index is 0.0573. The Bertz CT molecular complexity index is 555. The van der Waals surface area contributed by atoms with Crippen LogP contribution in [0, 0.1) is 0 Å². The summed E-state index contributed by atoms with van der Waals surface area (Å²) in [7, 11) is 1.66. The maximum absolute atomic E-state index is 5.93. The molecule has 1 aromatic carbocycles. The van der Waals surface area contributed by atoms with Crippen molar-refractivity contribution in [1.29, 1.82) is 0 Å². The van der Waals surface area contributed by atoms with E-state index in [0.29, 0.717) is 6.54 Å². The van der Waals surface area contributed by atoms with Crippen molar-refractivity contribution in [3.8, 4) is 5.75 Å². The topological polar surface area (TPSA) is 66.0 Å². The zero-order chi connectivity index (χ0) is 13.8. The van der Waals surface area contributed by atoms with Crippen molar-refractivity contribution in [3.63, 3.8) is 0 Å². The summed E-state index contributed by atoms with van der Waals surface area (Å²) in [5.74, 6) is 0.833. The normalized spacial score (nSPS) is 12.4. The Kier molecular flexibility index (Phi) is 4.55. The summed E-state index contributed by atoms with van der Waals surface area (Å²) in [6.07, 6.45) is 2.73. The fraction of sp³-hybridized carbons (Fsp3) is 0.385. The van der Waals surface area contributed by atoms with Gasteiger partial charge in [0, 0.05) is 10.0 Å². The van der Waals surface area contributed by atoms with Crippen molar-refractivity contribution in [1.82, 2.24) is 15.0 Å². The lowest BCUT2D eigenvalue weighted by Crippen LogP contribution is -2.08. The summed E-state index contributed by atoms with van der Waals surface area (Å²) in [5, 5.41) is 8.20. The van der Waals surface area contributed by atoms with E-state index in [1.54, 1.807) is 11.8 Å². The van der Waals surface area contributed by atoms with Crippen molar-refractivity contribution in [2.75, 3.05) is 7.11 Å². The van der Waals surface area contributed by atoms with Crippen LogP contribution in [0.5, 0.6) is 5.75 Å². The number of nitrogens with two attached hydrogens (primary N) is 1. The van der Waals surface area contributed by atoms with Gasteiger partial charge in [0.15, 0.2) is 0 Å². The molecule has 102 valence electrons. The highest BCUT2D eigenvalue weighted by molar-refractivity contribution is 9.10. The first-order chi connectivity index (χ1) is 9.13. The number of hydrogen-bond donors (Lipinski definition) is 1. The number of ether oxygens (including phenoxy) is 1. The number of aromatic nitrogens is 3. The fourth-order valence-electron chi connectivity index (χ4n) is 1.81. The second-order valence-corrected chi connectivity index (χ2v) is 5.23. The summed E-state index contributed by atoms with van der Waals surface area (Å²) in [5.41, 5.74) is 7.79. The van der Waals surface area contributed by atoms with E-state index in [9.17, 15) is 0 Å². The summed E-state index contributed by atoms with van der Waals surface area (Å²) < 4.78 is 8.12. The van der Waals surface area contributed by atoms with Gasteiger partial charge >= 0.3 is 0 Å². The van der Waals surface area contributed by atoms with Crippen LogP contribution in [0.3, 0.4) is 0 Å². The Balaban J connectivity index is 2.21. The molecule has 5 nitrogen and oxygen atoms in total. The molecule has 1 atom stereocenters. The van der Waals surface area contributed by atoms with Crippen LogP contribution >= 0.6 is 15.9 Å². The minimum Gasteiger partial charge on any atom is -0.496 e. The number of methoxy groups -OCH3 is 1. The lowest BCUT2D eigenvalue weighted by Gasteiger charge is -2.08. The average Bonchev–Trinajstić information content (AvgIpc) is 2.86. The SMILES string of the molecule is CCC(N)c1cn(Cc2cc(Br)ccc2OC)nn1. The molecule has 2 aromatic rings. The quantitative estimate of drug-likeness (QED) is 0.917. The summed E-state index contributed by atoms with van der Waals surface area (Å²) in [4.78, 5) is 0. The van der Waals surface area contributed by atoms with Crippen LogP contribution in [0.4, 0.5) is 0 Å². The summed E-state index contributed by atoms with van der Waals surface area (Å²) >= 11 is 3.46. The smallest absolute Gasteiger partial charge is 0.124 e. The fourth-order valence-corrected chi connectivity index (χ4v) is 2.22. The third-order valence-electron chi connectivity index (χ3n) is 2.95. The van der Waals surface area contributed by atoms with Gasteiger partial charge in [-0.15, -0.1) is 5.10 Å². The van der Waals surface area contributed by atoms with E-state index in [1.165, 1.54) is 0 Å². The van der Waals surface area contributed by atoms with Gasteiger partial charge < -0.3 is 10.5 Å². The largest absolute Gasteiger partial charge is 0.496 e. The molecule has 2 N–H and O–H groups in total. The molecule has 0 spiro atoms. The van der Waals surface area contributed by atoms with Gasteiger partial charge in [-0.05, 0) is 24.6 Å². The zero-order valence-corrected chi connectivity index (χ0v) is 12.6. The minimum atomic E-state index is -0.0573. The highest BCUT2D eigenvalue weighted by Gasteiger charge is 2.10. The predicted molar refractivity (Wildman–Crippen MR) is 77.0 cm³/mol. The van der Waals surface area contributed by atoms with Crippen molar-refractivity contribution in [2.24, 2.45) is 5.73 Å². The van der Waals surface area contributed by atoms with Crippen molar-refractivity contribution < 1.29 is 4.74 Å². The van der Waals surface area contributed by atoms with E-state index in [1.807, 2.05) is 31.3 Å². The van der Waals surface area contributed by atoms with Gasteiger partial charge in [-0.1, -0.05) is 28.1 Å². The molecule has 1 unspecified atom stereocenters. The first-order valence-electron chi connectivity index (χ1n) is 6.12. The predicted octanol–water partition coefficient (Wildman–Crippen LogP) is 2.51. The molecule has 19 heavy (non-hydrogen) atoms. The van der Waals surface area contributed by atoms with Crippen LogP contribution in [0.15, 0.2) is 28.9 Å². The maximum atomic E-state index is 5.93. The Hall–Kier alpha value is -1.40. The highest BCUT2D eigenvalue weighted by atomic mass is 79.9. The molecule has 6 heteroatoms. The summed E-state index contributed by atoms with van der Waals surface area (Å²) in [6, 6.07) is 5.83. The van der Waals surface area contributed by atoms with E-state index in [2.05, 4.69) is 26.2 Å². The molecule has 0 fully saturated rings. The molecule has 0 aliphatic heterocycles. The number of benzene rings is 1. The molecule has 2 rings (SSSR count). The van der Waals surface area contributed by atoms with E-state index >= 15 is 0 Å². The first-order valence-corrected chi connectivity index (χ1v) is 6.91. The molecule has 0 aliphatic carbocycles. The third-order valence-corrected chi connectivity index (χ3v) is 3.44. The van der Waals surface area contributed by atoms with Crippen LogP contribution in [-0.4, -0.2) is 22.1 Å². The van der Waals surface area contributed by atoms with Crippen LogP contribution in [-0.2, 0) is 6.54 Å². The molecule has 1 heterocycles. The Morgan fingerprint density at radius 3 is 2.95 bits per heavy atom. The molecule has 0 saturated heterocycles. The summed E-state index contributed by atoms with van der Waals surface area (Å²) in [6.45, 7) is 2.63.